The molecule has 1 aromatic heterocycles. The van der Waals surface area contributed by atoms with E-state index in [-0.39, 0.29) is 24.0 Å². The highest BCUT2D eigenvalue weighted by Crippen LogP contribution is 2.12. The average molecular weight is 523 g/mol. The van der Waals surface area contributed by atoms with Crippen LogP contribution in [0.25, 0.3) is 0 Å². The first-order chi connectivity index (χ1) is 14.0. The van der Waals surface area contributed by atoms with E-state index < -0.39 is 0 Å². The van der Waals surface area contributed by atoms with Gasteiger partial charge in [0.15, 0.2) is 11.8 Å². The maximum atomic E-state index is 4.82. The Bertz CT molecular complexity index is 823. The summed E-state index contributed by atoms with van der Waals surface area (Å²) < 4.78 is 2.00. The number of rotatable bonds is 7. The minimum absolute atomic E-state index is 0. The molecule has 2 heterocycles. The quantitative estimate of drug-likeness (QED) is 0.253. The lowest BCUT2D eigenvalue weighted by Gasteiger charge is -2.33. The number of nitrogens with one attached hydrogen (secondary N) is 2. The summed E-state index contributed by atoms with van der Waals surface area (Å²) in [4.78, 5) is 7.29. The topological polar surface area (TPSA) is 70.4 Å². The molecule has 0 amide bonds. The van der Waals surface area contributed by atoms with Crippen molar-refractivity contribution in [3.63, 3.8) is 0 Å². The van der Waals surface area contributed by atoms with Crippen LogP contribution in [0.15, 0.2) is 47.5 Å². The van der Waals surface area contributed by atoms with Crippen LogP contribution >= 0.6 is 24.0 Å². The van der Waals surface area contributed by atoms with Crippen molar-refractivity contribution in [2.75, 3.05) is 19.6 Å². The van der Waals surface area contributed by atoms with E-state index in [1.165, 1.54) is 11.1 Å². The van der Waals surface area contributed by atoms with Crippen molar-refractivity contribution in [2.45, 2.75) is 45.8 Å². The molecule has 1 aromatic carbocycles. The molecule has 164 valence electrons. The van der Waals surface area contributed by atoms with Crippen LogP contribution in [0.5, 0.6) is 0 Å². The Labute approximate surface area is 197 Å². The third-order valence-corrected chi connectivity index (χ3v) is 5.28. The van der Waals surface area contributed by atoms with Crippen molar-refractivity contribution in [3.8, 4) is 0 Å². The van der Waals surface area contributed by atoms with Gasteiger partial charge in [-0.1, -0.05) is 42.5 Å². The normalized spacial score (nSPS) is 15.5. The Balaban J connectivity index is 0.00000320. The Morgan fingerprint density at radius 2 is 1.90 bits per heavy atom. The number of aryl methyl sites for hydroxylation is 1. The van der Waals surface area contributed by atoms with Crippen molar-refractivity contribution in [1.29, 1.82) is 0 Å². The number of likely N-dealkylation sites (tertiary alicyclic amines) is 1. The summed E-state index contributed by atoms with van der Waals surface area (Å²) in [6.07, 6.45) is 2.20. The highest BCUT2D eigenvalue weighted by Gasteiger charge is 2.20. The molecule has 8 heteroatoms. The molecule has 0 radical (unpaired) electrons. The zero-order valence-electron chi connectivity index (χ0n) is 18.3. The molecule has 0 saturated carbocycles. The number of aliphatic imine (C=N–C) groups is 1. The Kier molecular flexibility index (Phi) is 9.77. The largest absolute Gasteiger partial charge is 0.354 e. The average Bonchev–Trinajstić information content (AvgIpc) is 3.04. The molecule has 2 aromatic rings. The zero-order chi connectivity index (χ0) is 20.6. The lowest BCUT2D eigenvalue weighted by molar-refractivity contribution is 0.221. The summed E-state index contributed by atoms with van der Waals surface area (Å²) in [5.41, 5.74) is 2.42. The van der Waals surface area contributed by atoms with Crippen LogP contribution in [0.3, 0.4) is 0 Å². The molecule has 1 fully saturated rings. The van der Waals surface area contributed by atoms with Gasteiger partial charge in [0.05, 0.1) is 13.1 Å². The van der Waals surface area contributed by atoms with Crippen LogP contribution in [0.1, 0.15) is 37.0 Å². The fraction of sp³-hybridized carbons (Fsp3) is 0.500. The molecular weight excluding hydrogens is 489 g/mol. The highest BCUT2D eigenvalue weighted by molar-refractivity contribution is 14.0. The van der Waals surface area contributed by atoms with Crippen LogP contribution in [0.2, 0.25) is 0 Å². The second-order valence-electron chi connectivity index (χ2n) is 7.88. The number of hydrogen-bond acceptors (Lipinski definition) is 4. The number of benzene rings is 1. The summed E-state index contributed by atoms with van der Waals surface area (Å²) >= 11 is 0. The molecule has 30 heavy (non-hydrogen) atoms. The molecule has 0 bridgehead atoms. The molecule has 3 rings (SSSR count). The summed E-state index contributed by atoms with van der Waals surface area (Å²) in [7, 11) is 1.98. The van der Waals surface area contributed by atoms with E-state index in [0.29, 0.717) is 19.1 Å². The molecule has 0 unspecified atom stereocenters. The van der Waals surface area contributed by atoms with Crippen LogP contribution in [-0.2, 0) is 20.1 Å². The minimum atomic E-state index is 0. The smallest absolute Gasteiger partial charge is 0.192 e. The van der Waals surface area contributed by atoms with Gasteiger partial charge in [-0.15, -0.1) is 34.2 Å². The fourth-order valence-electron chi connectivity index (χ4n) is 3.48. The fourth-order valence-corrected chi connectivity index (χ4v) is 3.48. The van der Waals surface area contributed by atoms with Gasteiger partial charge in [-0.25, -0.2) is 4.99 Å². The van der Waals surface area contributed by atoms with Gasteiger partial charge in [-0.3, -0.25) is 4.90 Å². The number of piperidine rings is 1. The van der Waals surface area contributed by atoms with Gasteiger partial charge in [0, 0.05) is 32.7 Å². The standard InChI is InChI=1S/C22H33N7.HI/c1-17(2)16-29-12-10-20(11-13-29)25-22(23-14-19-8-6-5-7-9-19)24-15-21-27-26-18(3)28(21)4;/h5-9,20H,1,10-16H2,2-4H3,(H2,23,24,25);1H. The number of halogens is 1. The third-order valence-electron chi connectivity index (χ3n) is 5.28. The first-order valence-electron chi connectivity index (χ1n) is 10.3. The molecule has 7 nitrogen and oxygen atoms in total. The van der Waals surface area contributed by atoms with Crippen molar-refractivity contribution in [3.05, 3.63) is 59.7 Å². The zero-order valence-corrected chi connectivity index (χ0v) is 20.6. The predicted molar refractivity (Wildman–Crippen MR) is 133 cm³/mol. The van der Waals surface area contributed by atoms with Crippen molar-refractivity contribution >= 4 is 29.9 Å². The lowest BCUT2D eigenvalue weighted by atomic mass is 10.0. The monoisotopic (exact) mass is 523 g/mol. The molecule has 1 saturated heterocycles. The second kappa shape index (κ2) is 12.0. The third kappa shape index (κ3) is 7.39. The highest BCUT2D eigenvalue weighted by atomic mass is 127. The maximum Gasteiger partial charge on any atom is 0.192 e. The van der Waals surface area contributed by atoms with Crippen LogP contribution in [0.4, 0.5) is 0 Å². The van der Waals surface area contributed by atoms with Crippen molar-refractivity contribution in [1.82, 2.24) is 30.3 Å². The summed E-state index contributed by atoms with van der Waals surface area (Å²) in [5.74, 6) is 2.63. The van der Waals surface area contributed by atoms with E-state index in [0.717, 1.165) is 50.1 Å². The van der Waals surface area contributed by atoms with Crippen molar-refractivity contribution < 1.29 is 0 Å². The molecule has 1 aliphatic heterocycles. The predicted octanol–water partition coefficient (Wildman–Crippen LogP) is 3.02. The van der Waals surface area contributed by atoms with Gasteiger partial charge in [0.2, 0.25) is 0 Å². The van der Waals surface area contributed by atoms with Crippen LogP contribution in [-0.4, -0.2) is 51.3 Å². The second-order valence-corrected chi connectivity index (χ2v) is 7.88. The summed E-state index contributed by atoms with van der Waals surface area (Å²) in [6, 6.07) is 10.7. The van der Waals surface area contributed by atoms with Crippen LogP contribution < -0.4 is 10.6 Å². The van der Waals surface area contributed by atoms with Gasteiger partial charge in [-0.05, 0) is 32.3 Å². The summed E-state index contributed by atoms with van der Waals surface area (Å²) in [5, 5.41) is 15.4. The minimum Gasteiger partial charge on any atom is -0.354 e. The van der Waals surface area contributed by atoms with E-state index in [4.69, 9.17) is 4.99 Å². The molecule has 0 spiro atoms. The number of guanidine groups is 1. The molecule has 2 N–H and O–H groups in total. The Hall–Kier alpha value is -1.94. The number of nitrogens with zero attached hydrogens (tertiary/aromatic N) is 5. The van der Waals surface area contributed by atoms with E-state index >= 15 is 0 Å². The Morgan fingerprint density at radius 1 is 1.20 bits per heavy atom. The van der Waals surface area contributed by atoms with Gasteiger partial charge < -0.3 is 15.2 Å². The van der Waals surface area contributed by atoms with E-state index in [9.17, 15) is 0 Å². The SMILES string of the molecule is C=C(C)CN1CCC(NC(=NCc2ccccc2)NCc2nnc(C)n2C)CC1.I. The molecule has 1 aliphatic rings. The van der Waals surface area contributed by atoms with Gasteiger partial charge >= 0.3 is 0 Å². The van der Waals surface area contributed by atoms with Gasteiger partial charge in [0.25, 0.3) is 0 Å². The maximum absolute atomic E-state index is 4.82. The van der Waals surface area contributed by atoms with E-state index in [1.54, 1.807) is 0 Å². The van der Waals surface area contributed by atoms with Gasteiger partial charge in [0.1, 0.15) is 5.82 Å². The van der Waals surface area contributed by atoms with E-state index in [1.807, 2.05) is 36.7 Å². The molecule has 0 atom stereocenters. The summed E-state index contributed by atoms with van der Waals surface area (Å²) in [6.45, 7) is 12.5. The number of aromatic nitrogens is 3. The van der Waals surface area contributed by atoms with Crippen molar-refractivity contribution in [2.24, 2.45) is 12.0 Å². The first-order valence-corrected chi connectivity index (χ1v) is 10.3. The molecular formula is C22H34IN7. The lowest BCUT2D eigenvalue weighted by Crippen LogP contribution is -2.48. The Morgan fingerprint density at radius 3 is 2.50 bits per heavy atom. The van der Waals surface area contributed by atoms with E-state index in [2.05, 4.69) is 51.4 Å². The van der Waals surface area contributed by atoms with Gasteiger partial charge in [-0.2, -0.15) is 0 Å². The molecule has 0 aliphatic carbocycles. The number of hydrogen-bond donors (Lipinski definition) is 2. The van der Waals surface area contributed by atoms with Crippen LogP contribution in [0, 0.1) is 6.92 Å². The first kappa shape index (κ1) is 24.3.